The first-order valence-electron chi connectivity index (χ1n) is 6.14. The molecule has 0 bridgehead atoms. The van der Waals surface area contributed by atoms with Crippen molar-refractivity contribution in [2.75, 3.05) is 20.3 Å². The van der Waals surface area contributed by atoms with Crippen molar-refractivity contribution in [3.63, 3.8) is 0 Å². The predicted molar refractivity (Wildman–Crippen MR) is 58.3 cm³/mol. The summed E-state index contributed by atoms with van der Waals surface area (Å²) in [5, 5.41) is 3.55. The molecule has 2 fully saturated rings. The molecule has 2 nitrogen and oxygen atoms in total. The molecule has 0 amide bonds. The summed E-state index contributed by atoms with van der Waals surface area (Å²) in [6.07, 6.45) is 8.58. The normalized spacial score (nSPS) is 31.1. The molecule has 2 unspecified atom stereocenters. The second kappa shape index (κ2) is 5.13. The van der Waals surface area contributed by atoms with Crippen molar-refractivity contribution in [3.8, 4) is 0 Å². The summed E-state index contributed by atoms with van der Waals surface area (Å²) in [5.74, 6) is 1.72. The Labute approximate surface area is 87.4 Å². The van der Waals surface area contributed by atoms with Crippen LogP contribution in [0.1, 0.15) is 38.5 Å². The van der Waals surface area contributed by atoms with Gasteiger partial charge in [0.1, 0.15) is 0 Å². The molecule has 2 atom stereocenters. The van der Waals surface area contributed by atoms with Crippen molar-refractivity contribution in [1.82, 2.24) is 5.32 Å². The van der Waals surface area contributed by atoms with Crippen LogP contribution in [0.5, 0.6) is 0 Å². The Bertz CT molecular complexity index is 162. The molecular weight excluding hydrogens is 174 g/mol. The minimum absolute atomic E-state index is 0.762. The minimum atomic E-state index is 0.762. The van der Waals surface area contributed by atoms with Crippen LogP contribution in [0.15, 0.2) is 0 Å². The summed E-state index contributed by atoms with van der Waals surface area (Å²) < 4.78 is 5.37. The zero-order valence-corrected chi connectivity index (χ0v) is 9.30. The highest BCUT2D eigenvalue weighted by Gasteiger charge is 2.33. The zero-order chi connectivity index (χ0) is 9.80. The number of nitrogens with one attached hydrogen (secondary N) is 1. The molecule has 1 aliphatic heterocycles. The maximum atomic E-state index is 5.37. The summed E-state index contributed by atoms with van der Waals surface area (Å²) in [4.78, 5) is 0. The van der Waals surface area contributed by atoms with Crippen molar-refractivity contribution < 1.29 is 4.74 Å². The Morgan fingerprint density at radius 3 is 2.43 bits per heavy atom. The highest BCUT2D eigenvalue weighted by Crippen LogP contribution is 2.34. The molecule has 2 heteroatoms. The predicted octanol–water partition coefficient (Wildman–Crippen LogP) is 2.19. The van der Waals surface area contributed by atoms with Gasteiger partial charge in [-0.1, -0.05) is 32.1 Å². The molecule has 1 saturated heterocycles. The molecule has 82 valence electrons. The second-order valence-corrected chi connectivity index (χ2v) is 4.87. The fourth-order valence-electron chi connectivity index (χ4n) is 3.01. The van der Waals surface area contributed by atoms with Gasteiger partial charge in [0.25, 0.3) is 0 Å². The van der Waals surface area contributed by atoms with E-state index in [9.17, 15) is 0 Å². The van der Waals surface area contributed by atoms with Gasteiger partial charge in [0, 0.05) is 19.1 Å². The van der Waals surface area contributed by atoms with Crippen LogP contribution in [-0.2, 0) is 4.74 Å². The third kappa shape index (κ3) is 2.29. The number of hydrogen-bond donors (Lipinski definition) is 1. The van der Waals surface area contributed by atoms with E-state index in [-0.39, 0.29) is 0 Å². The lowest BCUT2D eigenvalue weighted by molar-refractivity contribution is 0.0603. The van der Waals surface area contributed by atoms with Crippen molar-refractivity contribution in [2.24, 2.45) is 11.8 Å². The van der Waals surface area contributed by atoms with E-state index in [0.29, 0.717) is 0 Å². The topological polar surface area (TPSA) is 21.3 Å². The molecule has 1 heterocycles. The Hall–Kier alpha value is -0.0800. The van der Waals surface area contributed by atoms with Crippen LogP contribution in [0.4, 0.5) is 0 Å². The first-order valence-corrected chi connectivity index (χ1v) is 6.14. The fraction of sp³-hybridized carbons (Fsp3) is 1.00. The molecule has 1 aliphatic carbocycles. The van der Waals surface area contributed by atoms with Gasteiger partial charge in [0.15, 0.2) is 0 Å². The molecule has 0 spiro atoms. The smallest absolute Gasteiger partial charge is 0.0508 e. The fourth-order valence-corrected chi connectivity index (χ4v) is 3.01. The lowest BCUT2D eigenvalue weighted by atomic mass is 9.74. The number of methoxy groups -OCH3 is 1. The maximum Gasteiger partial charge on any atom is 0.0508 e. The monoisotopic (exact) mass is 197 g/mol. The van der Waals surface area contributed by atoms with Crippen LogP contribution in [0.25, 0.3) is 0 Å². The van der Waals surface area contributed by atoms with E-state index in [1.807, 2.05) is 7.11 Å². The van der Waals surface area contributed by atoms with Gasteiger partial charge in [0.2, 0.25) is 0 Å². The average molecular weight is 197 g/mol. The first kappa shape index (κ1) is 10.4. The highest BCUT2D eigenvalue weighted by molar-refractivity contribution is 4.89. The Balaban J connectivity index is 1.86. The van der Waals surface area contributed by atoms with Gasteiger partial charge in [0.05, 0.1) is 6.61 Å². The van der Waals surface area contributed by atoms with E-state index in [1.165, 1.54) is 45.1 Å². The summed E-state index contributed by atoms with van der Waals surface area (Å²) in [7, 11) is 1.84. The van der Waals surface area contributed by atoms with Gasteiger partial charge in [-0.3, -0.25) is 0 Å². The van der Waals surface area contributed by atoms with Crippen molar-refractivity contribution >= 4 is 0 Å². The van der Waals surface area contributed by atoms with Gasteiger partial charge >= 0.3 is 0 Å². The summed E-state index contributed by atoms with van der Waals surface area (Å²) in [6.45, 7) is 2.18. The Kier molecular flexibility index (Phi) is 3.82. The average Bonchev–Trinajstić information content (AvgIpc) is 2.16. The largest absolute Gasteiger partial charge is 0.384 e. The molecular formula is C12H23NO. The van der Waals surface area contributed by atoms with E-state index in [0.717, 1.165) is 24.5 Å². The van der Waals surface area contributed by atoms with E-state index >= 15 is 0 Å². The maximum absolute atomic E-state index is 5.37. The van der Waals surface area contributed by atoms with Gasteiger partial charge in [-0.2, -0.15) is 0 Å². The summed E-state index contributed by atoms with van der Waals surface area (Å²) >= 11 is 0. The lowest BCUT2D eigenvalue weighted by Crippen LogP contribution is -2.51. The van der Waals surface area contributed by atoms with Crippen LogP contribution in [0, 0.1) is 11.8 Å². The van der Waals surface area contributed by atoms with Crippen LogP contribution < -0.4 is 5.32 Å². The number of rotatable bonds is 4. The van der Waals surface area contributed by atoms with Crippen LogP contribution in [0.3, 0.4) is 0 Å². The van der Waals surface area contributed by atoms with E-state index < -0.39 is 0 Å². The quantitative estimate of drug-likeness (QED) is 0.746. The molecule has 0 radical (unpaired) electrons. The SMILES string of the molecule is COCC(C1CCCCC1)C1CCN1. The molecule has 0 aromatic rings. The van der Waals surface area contributed by atoms with E-state index in [2.05, 4.69) is 5.32 Å². The number of ether oxygens (including phenoxy) is 1. The van der Waals surface area contributed by atoms with Gasteiger partial charge < -0.3 is 10.1 Å². The Morgan fingerprint density at radius 1 is 1.21 bits per heavy atom. The molecule has 0 aromatic carbocycles. The van der Waals surface area contributed by atoms with Crippen molar-refractivity contribution in [3.05, 3.63) is 0 Å². The van der Waals surface area contributed by atoms with Crippen molar-refractivity contribution in [1.29, 1.82) is 0 Å². The van der Waals surface area contributed by atoms with Gasteiger partial charge in [-0.05, 0) is 18.9 Å². The van der Waals surface area contributed by atoms with Gasteiger partial charge in [-0.25, -0.2) is 0 Å². The molecule has 2 rings (SSSR count). The standard InChI is InChI=1S/C12H23NO/c1-14-9-11(12-7-8-13-12)10-5-3-2-4-6-10/h10-13H,2-9H2,1H3. The van der Waals surface area contributed by atoms with Gasteiger partial charge in [-0.15, -0.1) is 0 Å². The minimum Gasteiger partial charge on any atom is -0.384 e. The van der Waals surface area contributed by atoms with Crippen LogP contribution >= 0.6 is 0 Å². The Morgan fingerprint density at radius 2 is 1.93 bits per heavy atom. The molecule has 2 aliphatic rings. The van der Waals surface area contributed by atoms with Crippen molar-refractivity contribution in [2.45, 2.75) is 44.6 Å². The molecule has 1 saturated carbocycles. The third-order valence-corrected chi connectivity index (χ3v) is 3.99. The van der Waals surface area contributed by atoms with E-state index in [1.54, 1.807) is 0 Å². The highest BCUT2D eigenvalue weighted by atomic mass is 16.5. The summed E-state index contributed by atoms with van der Waals surface area (Å²) in [6, 6.07) is 0.762. The molecule has 0 aromatic heterocycles. The molecule has 14 heavy (non-hydrogen) atoms. The van der Waals surface area contributed by atoms with E-state index in [4.69, 9.17) is 4.74 Å². The molecule has 1 N–H and O–H groups in total. The zero-order valence-electron chi connectivity index (χ0n) is 9.30. The summed E-state index contributed by atoms with van der Waals surface area (Å²) in [5.41, 5.74) is 0. The van der Waals surface area contributed by atoms with Crippen LogP contribution in [0.2, 0.25) is 0 Å². The third-order valence-electron chi connectivity index (χ3n) is 3.99. The first-order chi connectivity index (χ1) is 6.92. The van der Waals surface area contributed by atoms with Crippen LogP contribution in [-0.4, -0.2) is 26.3 Å². The second-order valence-electron chi connectivity index (χ2n) is 4.87. The number of hydrogen-bond acceptors (Lipinski definition) is 2. The lowest BCUT2D eigenvalue weighted by Gasteiger charge is -2.40.